The zero-order valence-corrected chi connectivity index (χ0v) is 19.6. The minimum absolute atomic E-state index is 0.0947. The van der Waals surface area contributed by atoms with E-state index in [4.69, 9.17) is 9.47 Å². The maximum absolute atomic E-state index is 6.01. The summed E-state index contributed by atoms with van der Waals surface area (Å²) < 4.78 is 11.7. The first-order valence-corrected chi connectivity index (χ1v) is 11.9. The quantitative estimate of drug-likeness (QED) is 0.524. The van der Waals surface area contributed by atoms with Crippen LogP contribution >= 0.6 is 0 Å². The minimum Gasteiger partial charge on any atom is -0.381 e. The summed E-state index contributed by atoms with van der Waals surface area (Å²) >= 11 is 0. The van der Waals surface area contributed by atoms with Crippen molar-refractivity contribution in [3.05, 3.63) is 71.3 Å². The number of guanidine groups is 1. The van der Waals surface area contributed by atoms with Gasteiger partial charge in [-0.15, -0.1) is 0 Å². The van der Waals surface area contributed by atoms with E-state index < -0.39 is 0 Å². The molecular formula is C27H37N3O2. The number of benzene rings is 2. The molecule has 172 valence electrons. The highest BCUT2D eigenvalue weighted by Crippen LogP contribution is 2.36. The molecule has 4 rings (SSSR count). The van der Waals surface area contributed by atoms with Crippen molar-refractivity contribution in [1.82, 2.24) is 10.2 Å². The molecule has 1 unspecified atom stereocenters. The van der Waals surface area contributed by atoms with Crippen molar-refractivity contribution in [2.45, 2.75) is 38.2 Å². The maximum atomic E-state index is 6.01. The lowest BCUT2D eigenvalue weighted by Gasteiger charge is -2.39. The Morgan fingerprint density at radius 3 is 2.62 bits per heavy atom. The van der Waals surface area contributed by atoms with Crippen molar-refractivity contribution in [3.63, 3.8) is 0 Å². The second-order valence-electron chi connectivity index (χ2n) is 9.21. The fraction of sp³-hybridized carbons (Fsp3) is 0.519. The molecule has 0 aliphatic carbocycles. The molecule has 2 aliphatic rings. The second kappa shape index (κ2) is 11.0. The van der Waals surface area contributed by atoms with Gasteiger partial charge in [-0.25, -0.2) is 0 Å². The summed E-state index contributed by atoms with van der Waals surface area (Å²) in [5.74, 6) is 1.56. The lowest BCUT2D eigenvalue weighted by molar-refractivity contribution is 0.0509. The number of likely N-dealkylation sites (tertiary alicyclic amines) is 1. The van der Waals surface area contributed by atoms with Gasteiger partial charge in [-0.3, -0.25) is 4.99 Å². The predicted molar refractivity (Wildman–Crippen MR) is 130 cm³/mol. The lowest BCUT2D eigenvalue weighted by Crippen LogP contribution is -2.49. The molecule has 0 radical (unpaired) electrons. The molecule has 5 heteroatoms. The van der Waals surface area contributed by atoms with Gasteiger partial charge >= 0.3 is 0 Å². The molecule has 2 aromatic rings. The topological polar surface area (TPSA) is 46.1 Å². The Bertz CT molecular complexity index is 877. The van der Waals surface area contributed by atoms with E-state index >= 15 is 0 Å². The standard InChI is InChI=1S/C27H37N3O2/c1-22-8-6-7-11-25(22)27(13-16-31-17-14-27)21-29-26(28-2)30-15-12-24(18-30)20-32-19-23-9-4-3-5-10-23/h3-11,24H,12-21H2,1-2H3,(H,28,29). The highest BCUT2D eigenvalue weighted by Gasteiger charge is 2.36. The van der Waals surface area contributed by atoms with Crippen LogP contribution < -0.4 is 5.32 Å². The number of ether oxygens (including phenoxy) is 2. The van der Waals surface area contributed by atoms with Gasteiger partial charge in [0.2, 0.25) is 0 Å². The minimum atomic E-state index is 0.0947. The van der Waals surface area contributed by atoms with E-state index in [1.54, 1.807) is 0 Å². The molecular weight excluding hydrogens is 398 g/mol. The van der Waals surface area contributed by atoms with Gasteiger partial charge in [0, 0.05) is 51.2 Å². The van der Waals surface area contributed by atoms with Gasteiger partial charge in [-0.2, -0.15) is 0 Å². The van der Waals surface area contributed by atoms with Crippen molar-refractivity contribution in [3.8, 4) is 0 Å². The number of hydrogen-bond acceptors (Lipinski definition) is 3. The Labute approximate surface area is 192 Å². The molecule has 0 saturated carbocycles. The van der Waals surface area contributed by atoms with E-state index in [1.807, 2.05) is 13.1 Å². The summed E-state index contributed by atoms with van der Waals surface area (Å²) in [4.78, 5) is 7.01. The van der Waals surface area contributed by atoms with Gasteiger partial charge < -0.3 is 19.7 Å². The summed E-state index contributed by atoms with van der Waals surface area (Å²) in [6.45, 7) is 8.26. The van der Waals surface area contributed by atoms with Crippen LogP contribution in [0.25, 0.3) is 0 Å². The predicted octanol–water partition coefficient (Wildman–Crippen LogP) is 4.16. The van der Waals surface area contributed by atoms with E-state index in [0.717, 1.165) is 64.7 Å². The lowest BCUT2D eigenvalue weighted by atomic mass is 9.72. The van der Waals surface area contributed by atoms with Crippen LogP contribution in [0, 0.1) is 12.8 Å². The zero-order chi connectivity index (χ0) is 22.2. The summed E-state index contributed by atoms with van der Waals surface area (Å²) in [6.07, 6.45) is 3.22. The van der Waals surface area contributed by atoms with Crippen LogP contribution in [0.5, 0.6) is 0 Å². The number of aliphatic imine (C=N–C) groups is 1. The molecule has 0 aromatic heterocycles. The van der Waals surface area contributed by atoms with Gasteiger partial charge in [-0.05, 0) is 42.9 Å². The number of aryl methyl sites for hydroxylation is 1. The molecule has 0 spiro atoms. The Hall–Kier alpha value is -2.37. The van der Waals surface area contributed by atoms with Gasteiger partial charge in [0.25, 0.3) is 0 Å². The van der Waals surface area contributed by atoms with Gasteiger partial charge in [0.15, 0.2) is 5.96 Å². The van der Waals surface area contributed by atoms with Gasteiger partial charge in [-0.1, -0.05) is 54.6 Å². The normalized spacial score (nSPS) is 21.0. The number of nitrogens with zero attached hydrogens (tertiary/aromatic N) is 2. The third-order valence-corrected chi connectivity index (χ3v) is 7.01. The van der Waals surface area contributed by atoms with Crippen molar-refractivity contribution >= 4 is 5.96 Å². The van der Waals surface area contributed by atoms with Crippen LogP contribution in [0.1, 0.15) is 36.0 Å². The van der Waals surface area contributed by atoms with Crippen LogP contribution in [0.3, 0.4) is 0 Å². The third kappa shape index (κ3) is 5.51. The molecule has 0 bridgehead atoms. The SMILES string of the molecule is CN=C(NCC1(c2ccccc2C)CCOCC1)N1CCC(COCc2ccccc2)C1. The molecule has 2 heterocycles. The maximum Gasteiger partial charge on any atom is 0.193 e. The first-order valence-electron chi connectivity index (χ1n) is 11.9. The second-order valence-corrected chi connectivity index (χ2v) is 9.21. The van der Waals surface area contributed by atoms with E-state index in [1.165, 1.54) is 16.7 Å². The smallest absolute Gasteiger partial charge is 0.193 e. The van der Waals surface area contributed by atoms with Gasteiger partial charge in [0.05, 0.1) is 13.2 Å². The van der Waals surface area contributed by atoms with Crippen LogP contribution in [-0.2, 0) is 21.5 Å². The van der Waals surface area contributed by atoms with E-state index in [9.17, 15) is 0 Å². The summed E-state index contributed by atoms with van der Waals surface area (Å²) in [5.41, 5.74) is 4.14. The molecule has 2 aromatic carbocycles. The fourth-order valence-electron chi connectivity index (χ4n) is 5.13. The molecule has 5 nitrogen and oxygen atoms in total. The van der Waals surface area contributed by atoms with Gasteiger partial charge in [0.1, 0.15) is 0 Å². The Morgan fingerprint density at radius 2 is 1.88 bits per heavy atom. The first kappa shape index (κ1) is 22.8. The molecule has 32 heavy (non-hydrogen) atoms. The highest BCUT2D eigenvalue weighted by atomic mass is 16.5. The Kier molecular flexibility index (Phi) is 7.82. The van der Waals surface area contributed by atoms with Crippen LogP contribution in [0.4, 0.5) is 0 Å². The van der Waals surface area contributed by atoms with E-state index in [-0.39, 0.29) is 5.41 Å². The van der Waals surface area contributed by atoms with Crippen molar-refractivity contribution in [2.75, 3.05) is 46.5 Å². The van der Waals surface area contributed by atoms with Crippen LogP contribution in [-0.4, -0.2) is 57.4 Å². The number of rotatable bonds is 7. The van der Waals surface area contributed by atoms with Crippen molar-refractivity contribution in [2.24, 2.45) is 10.9 Å². The number of hydrogen-bond donors (Lipinski definition) is 1. The largest absolute Gasteiger partial charge is 0.381 e. The average molecular weight is 436 g/mol. The third-order valence-electron chi connectivity index (χ3n) is 7.01. The Morgan fingerprint density at radius 1 is 1.12 bits per heavy atom. The van der Waals surface area contributed by atoms with Crippen molar-refractivity contribution in [1.29, 1.82) is 0 Å². The molecule has 0 amide bonds. The highest BCUT2D eigenvalue weighted by molar-refractivity contribution is 5.80. The summed E-state index contributed by atoms with van der Waals surface area (Å²) in [7, 11) is 1.89. The van der Waals surface area contributed by atoms with Crippen molar-refractivity contribution < 1.29 is 9.47 Å². The number of nitrogens with one attached hydrogen (secondary N) is 1. The van der Waals surface area contributed by atoms with Crippen LogP contribution in [0.15, 0.2) is 59.6 Å². The van der Waals surface area contributed by atoms with E-state index in [2.05, 4.69) is 70.7 Å². The zero-order valence-electron chi connectivity index (χ0n) is 19.6. The Balaban J connectivity index is 1.32. The first-order chi connectivity index (χ1) is 15.7. The van der Waals surface area contributed by atoms with Crippen LogP contribution in [0.2, 0.25) is 0 Å². The molecule has 1 atom stereocenters. The molecule has 1 N–H and O–H groups in total. The monoisotopic (exact) mass is 435 g/mol. The summed E-state index contributed by atoms with van der Waals surface area (Å²) in [6, 6.07) is 19.2. The average Bonchev–Trinajstić information content (AvgIpc) is 3.30. The van der Waals surface area contributed by atoms with E-state index in [0.29, 0.717) is 12.5 Å². The summed E-state index contributed by atoms with van der Waals surface area (Å²) in [5, 5.41) is 3.73. The molecule has 2 saturated heterocycles. The fourth-order valence-corrected chi connectivity index (χ4v) is 5.13. The molecule has 2 fully saturated rings. The molecule has 2 aliphatic heterocycles.